The van der Waals surface area contributed by atoms with Gasteiger partial charge in [0, 0.05) is 179 Å². The van der Waals surface area contributed by atoms with Crippen molar-refractivity contribution in [3.63, 3.8) is 0 Å². The summed E-state index contributed by atoms with van der Waals surface area (Å²) in [7, 11) is 2.71. The highest BCUT2D eigenvalue weighted by Crippen LogP contribution is 2.26. The summed E-state index contributed by atoms with van der Waals surface area (Å²) in [5, 5.41) is 12.0. The fourth-order valence-electron chi connectivity index (χ4n) is 10.9. The average molecular weight is 1360 g/mol. The van der Waals surface area contributed by atoms with E-state index in [-0.39, 0.29) is 18.3 Å². The molecule has 5 saturated heterocycles. The lowest BCUT2D eigenvalue weighted by molar-refractivity contribution is 0.0230. The smallest absolute Gasteiger partial charge is 0.410 e. The van der Waals surface area contributed by atoms with Crippen molar-refractivity contribution in [2.24, 2.45) is 5.73 Å². The molecule has 0 radical (unpaired) electrons. The number of hydrogen-bond acceptors (Lipinski definition) is 18. The lowest BCUT2D eigenvalue weighted by atomic mass is 10.1. The number of carbonyl (C=O) groups excluding carboxylic acids is 5. The Morgan fingerprint density at radius 1 is 0.404 bits per heavy atom. The molecular formula is C74H105N15O10. The second-order valence-electron chi connectivity index (χ2n) is 27.0. The second-order valence-corrected chi connectivity index (χ2v) is 27.0. The molecular weight excluding hydrogens is 1260 g/mol. The molecule has 6 N–H and O–H groups in total. The van der Waals surface area contributed by atoms with E-state index in [0.29, 0.717) is 64.6 Å². The van der Waals surface area contributed by atoms with Crippen LogP contribution >= 0.6 is 0 Å². The number of rotatable bonds is 10. The number of benzene rings is 5. The van der Waals surface area contributed by atoms with Crippen molar-refractivity contribution in [3.8, 4) is 0 Å². The van der Waals surface area contributed by atoms with Gasteiger partial charge in [0.2, 0.25) is 0 Å². The van der Waals surface area contributed by atoms with Crippen LogP contribution in [-0.2, 0) is 43.3 Å². The SMILES string of the molecule is CC(C)(C)OC(=O)N1CCN(c2cccc(CN)c2)CC1.COC(=O)NCc1cccc(N2CCN(C(=O)OC(C)(C)C)CC2)c1.COC(=O)NCc1cccc(N2CCNCC2)c1.[C-]#[N+]c1cccc(N2CCN(C(=O)OC(C)(C)C)CC2)c1.[C-]#[N+]c1cccc(N2CCNCC2)c1. The summed E-state index contributed by atoms with van der Waals surface area (Å²) in [5.41, 5.74) is 14.5. The Morgan fingerprint density at radius 2 is 0.667 bits per heavy atom. The van der Waals surface area contributed by atoms with E-state index >= 15 is 0 Å². The number of nitrogens with one attached hydrogen (secondary N) is 4. The zero-order chi connectivity index (χ0) is 72.0. The number of amides is 5. The molecule has 0 spiro atoms. The molecule has 10 rings (SSSR count). The maximum absolute atomic E-state index is 12.1. The summed E-state index contributed by atoms with van der Waals surface area (Å²) in [4.78, 5) is 81.8. The van der Waals surface area contributed by atoms with Crippen molar-refractivity contribution in [2.75, 3.05) is 170 Å². The Hall–Kier alpha value is -9.69. The van der Waals surface area contributed by atoms with Crippen molar-refractivity contribution < 1.29 is 47.7 Å². The van der Waals surface area contributed by atoms with Gasteiger partial charge in [0.05, 0.1) is 27.4 Å². The fourth-order valence-corrected chi connectivity index (χ4v) is 10.9. The van der Waals surface area contributed by atoms with E-state index in [2.05, 4.69) is 95.3 Å². The third-order valence-corrected chi connectivity index (χ3v) is 16.0. The number of nitrogens with two attached hydrogens (primary N) is 1. The number of hydrogen-bond donors (Lipinski definition) is 5. The minimum Gasteiger partial charge on any atom is -0.453 e. The van der Waals surface area contributed by atoms with Gasteiger partial charge in [0.25, 0.3) is 0 Å². The molecule has 5 aromatic carbocycles. The van der Waals surface area contributed by atoms with Crippen LogP contribution in [0, 0.1) is 13.1 Å². The van der Waals surface area contributed by atoms with Crippen molar-refractivity contribution >= 4 is 70.3 Å². The summed E-state index contributed by atoms with van der Waals surface area (Å²) in [6, 6.07) is 39.9. The quantitative estimate of drug-likeness (QED) is 0.0645. The van der Waals surface area contributed by atoms with Crippen LogP contribution in [0.4, 0.5) is 63.8 Å². The maximum atomic E-state index is 12.1. The number of anilines is 5. The van der Waals surface area contributed by atoms with Crippen LogP contribution in [0.15, 0.2) is 121 Å². The number of methoxy groups -OCH3 is 2. The van der Waals surface area contributed by atoms with Crippen molar-refractivity contribution in [2.45, 2.75) is 98.8 Å². The Bertz CT molecular complexity index is 3430. The van der Waals surface area contributed by atoms with E-state index in [4.69, 9.17) is 33.1 Å². The topological polar surface area (TPSA) is 240 Å². The Balaban J connectivity index is 0.000000197. The van der Waals surface area contributed by atoms with E-state index in [1.54, 1.807) is 20.8 Å². The molecule has 5 heterocycles. The number of piperazine rings is 5. The van der Waals surface area contributed by atoms with Crippen LogP contribution in [0.5, 0.6) is 0 Å². The summed E-state index contributed by atoms with van der Waals surface area (Å²) in [5.74, 6) is 0. The second kappa shape index (κ2) is 39.0. The highest BCUT2D eigenvalue weighted by Gasteiger charge is 2.29. The lowest BCUT2D eigenvalue weighted by Crippen LogP contribution is -2.50. The number of nitrogens with zero attached hydrogens (tertiary/aromatic N) is 10. The van der Waals surface area contributed by atoms with Crippen molar-refractivity contribution in [3.05, 3.63) is 161 Å². The molecule has 5 aliphatic heterocycles. The summed E-state index contributed by atoms with van der Waals surface area (Å²) in [6.45, 7) is 49.1. The standard InChI is InChI=1S/C18H27N3O4.C16H21N3O2.C16H25N3O2.C13H19N3O2.C11H13N3/c1-18(2,3)25-17(23)21-10-8-20(9-11-21)15-7-5-6-14(12-15)13-19-16(22)24-4;1-16(2,3)21-15(20)19-10-8-18(9-11-19)14-7-5-6-13(12-14)17-4;1-16(2,3)21-15(20)19-9-7-18(8-10-19)14-6-4-5-13(11-14)12-17;1-18-13(17)15-10-11-3-2-4-12(9-11)16-7-5-14-6-8-16;1-12-10-3-2-4-11(9-10)14-7-5-13-6-8-14/h5-7,12H,8-11,13H2,1-4H3,(H,19,22);5-7,12H,8-11H2,1-3H3;4-6,11H,7-10,12,17H2,1-3H3;2-4,9,14H,5-8,10H2,1H3,(H,15,17);2-4,9,13H,5-8H2. The van der Waals surface area contributed by atoms with Gasteiger partial charge in [0.1, 0.15) is 16.8 Å². The molecule has 0 unspecified atom stereocenters. The molecule has 0 atom stereocenters. The molecule has 0 bridgehead atoms. The van der Waals surface area contributed by atoms with Crippen LogP contribution in [0.25, 0.3) is 9.69 Å². The minimum atomic E-state index is -0.477. The third-order valence-electron chi connectivity index (χ3n) is 16.0. The van der Waals surface area contributed by atoms with Gasteiger partial charge in [-0.3, -0.25) is 0 Å². The highest BCUT2D eigenvalue weighted by molar-refractivity contribution is 5.71. The van der Waals surface area contributed by atoms with Crippen LogP contribution in [0.3, 0.4) is 0 Å². The zero-order valence-corrected chi connectivity index (χ0v) is 59.9. The molecule has 0 aliphatic carbocycles. The number of ether oxygens (including phenoxy) is 5. The van der Waals surface area contributed by atoms with E-state index in [1.807, 2.05) is 147 Å². The predicted octanol–water partition coefficient (Wildman–Crippen LogP) is 10.7. The molecule has 5 aromatic rings. The molecule has 5 amide bonds. The largest absolute Gasteiger partial charge is 0.453 e. The predicted molar refractivity (Wildman–Crippen MR) is 391 cm³/mol. The van der Waals surface area contributed by atoms with E-state index < -0.39 is 29.0 Å². The Labute approximate surface area is 586 Å². The first-order chi connectivity index (χ1) is 47.2. The first-order valence-corrected chi connectivity index (χ1v) is 33.9. The molecule has 0 saturated carbocycles. The van der Waals surface area contributed by atoms with Gasteiger partial charge in [-0.2, -0.15) is 0 Å². The number of carbonyl (C=O) groups is 5. The molecule has 0 aromatic heterocycles. The fraction of sp³-hybridized carbons (Fsp3) is 0.500. The summed E-state index contributed by atoms with van der Waals surface area (Å²) in [6.07, 6.45) is -1.59. The van der Waals surface area contributed by atoms with E-state index in [1.165, 1.54) is 31.3 Å². The maximum Gasteiger partial charge on any atom is 0.410 e. The van der Waals surface area contributed by atoms with Crippen LogP contribution < -0.4 is 51.5 Å². The molecule has 25 nitrogen and oxygen atoms in total. The van der Waals surface area contributed by atoms with Crippen LogP contribution in [0.2, 0.25) is 0 Å². The molecule has 99 heavy (non-hydrogen) atoms. The van der Waals surface area contributed by atoms with Crippen LogP contribution in [0.1, 0.15) is 79.0 Å². The van der Waals surface area contributed by atoms with Gasteiger partial charge in [-0.05, 0) is 140 Å². The van der Waals surface area contributed by atoms with Crippen molar-refractivity contribution in [1.82, 2.24) is 36.0 Å². The van der Waals surface area contributed by atoms with Gasteiger partial charge < -0.3 is 89.9 Å². The van der Waals surface area contributed by atoms with Gasteiger partial charge in [0.15, 0.2) is 11.4 Å². The van der Waals surface area contributed by atoms with E-state index in [0.717, 1.165) is 125 Å². The Kier molecular flexibility index (Phi) is 30.9. The molecule has 536 valence electrons. The first kappa shape index (κ1) is 78.3. The monoisotopic (exact) mass is 1360 g/mol. The van der Waals surface area contributed by atoms with Gasteiger partial charge in [-0.25, -0.2) is 33.7 Å². The summed E-state index contributed by atoms with van der Waals surface area (Å²) < 4.78 is 25.3. The molecule has 5 aliphatic rings. The molecule has 25 heteroatoms. The Morgan fingerprint density at radius 3 is 0.939 bits per heavy atom. The average Bonchev–Trinajstić information content (AvgIpc) is 0.873. The van der Waals surface area contributed by atoms with Gasteiger partial charge >= 0.3 is 30.5 Å². The highest BCUT2D eigenvalue weighted by atomic mass is 16.6. The number of alkyl carbamates (subject to hydrolysis) is 2. The normalized spacial score (nSPS) is 15.5. The van der Waals surface area contributed by atoms with Gasteiger partial charge in [-0.1, -0.05) is 60.7 Å². The molecule has 5 fully saturated rings. The minimum absolute atomic E-state index is 0.224. The summed E-state index contributed by atoms with van der Waals surface area (Å²) >= 11 is 0. The van der Waals surface area contributed by atoms with Crippen molar-refractivity contribution in [1.29, 1.82) is 0 Å². The van der Waals surface area contributed by atoms with E-state index in [9.17, 15) is 24.0 Å². The van der Waals surface area contributed by atoms with Crippen LogP contribution in [-0.4, -0.2) is 207 Å². The third kappa shape index (κ3) is 28.0. The lowest BCUT2D eigenvalue weighted by Gasteiger charge is -2.36. The van der Waals surface area contributed by atoms with Gasteiger partial charge in [-0.15, -0.1) is 0 Å². The zero-order valence-electron chi connectivity index (χ0n) is 59.9. The first-order valence-electron chi connectivity index (χ1n) is 33.9.